The van der Waals surface area contributed by atoms with Crippen molar-refractivity contribution < 1.29 is 14.3 Å². The summed E-state index contributed by atoms with van der Waals surface area (Å²) in [6.07, 6.45) is 3.72. The lowest BCUT2D eigenvalue weighted by Crippen LogP contribution is -2.42. The van der Waals surface area contributed by atoms with E-state index in [1.807, 2.05) is 6.92 Å². The third-order valence-corrected chi connectivity index (χ3v) is 4.60. The molecule has 0 bridgehead atoms. The first-order valence-electron chi connectivity index (χ1n) is 8.57. The Balaban J connectivity index is 1.47. The number of nitrogens with one attached hydrogen (secondary N) is 1. The molecule has 1 atom stereocenters. The van der Waals surface area contributed by atoms with Gasteiger partial charge in [0, 0.05) is 51.9 Å². The van der Waals surface area contributed by atoms with Crippen molar-refractivity contribution in [2.75, 3.05) is 51.3 Å². The zero-order valence-corrected chi connectivity index (χ0v) is 14.1. The zero-order valence-electron chi connectivity index (χ0n) is 14.1. The van der Waals surface area contributed by atoms with E-state index in [4.69, 9.17) is 4.74 Å². The van der Waals surface area contributed by atoms with E-state index < -0.39 is 0 Å². The highest BCUT2D eigenvalue weighted by Crippen LogP contribution is 2.20. The maximum atomic E-state index is 12.4. The summed E-state index contributed by atoms with van der Waals surface area (Å²) < 4.78 is 7.08. The van der Waals surface area contributed by atoms with Crippen molar-refractivity contribution in [2.45, 2.75) is 19.9 Å². The minimum Gasteiger partial charge on any atom is -0.379 e. The molecule has 24 heavy (non-hydrogen) atoms. The molecule has 1 N–H and O–H groups in total. The second kappa shape index (κ2) is 7.76. The van der Waals surface area contributed by atoms with Crippen LogP contribution in [0.1, 0.15) is 13.3 Å². The monoisotopic (exact) mass is 335 g/mol. The van der Waals surface area contributed by atoms with Gasteiger partial charge in [-0.05, 0) is 6.92 Å². The maximum absolute atomic E-state index is 12.4. The van der Waals surface area contributed by atoms with Crippen LogP contribution < -0.4 is 5.32 Å². The second-order valence-electron chi connectivity index (χ2n) is 6.27. The van der Waals surface area contributed by atoms with Crippen LogP contribution >= 0.6 is 0 Å². The normalized spacial score (nSPS) is 22.1. The van der Waals surface area contributed by atoms with Gasteiger partial charge in [-0.2, -0.15) is 5.10 Å². The highest BCUT2D eigenvalue weighted by molar-refractivity contribution is 5.97. The van der Waals surface area contributed by atoms with Crippen LogP contribution in [0.15, 0.2) is 12.4 Å². The first-order valence-corrected chi connectivity index (χ1v) is 8.57. The molecule has 1 aromatic heterocycles. The van der Waals surface area contributed by atoms with Gasteiger partial charge < -0.3 is 15.0 Å². The largest absolute Gasteiger partial charge is 0.379 e. The molecule has 8 heteroatoms. The number of aromatic nitrogens is 2. The van der Waals surface area contributed by atoms with Crippen LogP contribution in [0.5, 0.6) is 0 Å². The van der Waals surface area contributed by atoms with Gasteiger partial charge in [0.1, 0.15) is 0 Å². The summed E-state index contributed by atoms with van der Waals surface area (Å²) in [7, 11) is 0. The van der Waals surface area contributed by atoms with E-state index in [1.54, 1.807) is 22.0 Å². The van der Waals surface area contributed by atoms with Crippen LogP contribution in [0.2, 0.25) is 0 Å². The van der Waals surface area contributed by atoms with Gasteiger partial charge in [0.05, 0.1) is 31.0 Å². The standard InChI is InChI=1S/C16H25N5O3/c1-2-21-12-14(10-17-21)18-16(23)13-9-15(22)20(11-13)4-3-19-5-7-24-8-6-19/h10,12-13H,2-9,11H2,1H3,(H,18,23)/t13-/m1/s1. The maximum Gasteiger partial charge on any atom is 0.229 e. The van der Waals surface area contributed by atoms with Gasteiger partial charge >= 0.3 is 0 Å². The quantitative estimate of drug-likeness (QED) is 0.793. The average molecular weight is 335 g/mol. The van der Waals surface area contributed by atoms with Gasteiger partial charge in [0.15, 0.2) is 0 Å². The number of ether oxygens (including phenoxy) is 1. The lowest BCUT2D eigenvalue weighted by Gasteiger charge is -2.28. The molecule has 0 unspecified atom stereocenters. The second-order valence-corrected chi connectivity index (χ2v) is 6.27. The predicted octanol–water partition coefficient (Wildman–Crippen LogP) is 0.0222. The van der Waals surface area contributed by atoms with Crippen LogP contribution in [0.3, 0.4) is 0 Å². The number of morpholine rings is 1. The third-order valence-electron chi connectivity index (χ3n) is 4.60. The summed E-state index contributed by atoms with van der Waals surface area (Å²) >= 11 is 0. The molecule has 0 spiro atoms. The number of hydrogen-bond donors (Lipinski definition) is 1. The number of carbonyl (C=O) groups is 2. The summed E-state index contributed by atoms with van der Waals surface area (Å²) in [4.78, 5) is 28.6. The van der Waals surface area contributed by atoms with Crippen molar-refractivity contribution in [3.05, 3.63) is 12.4 Å². The minimum absolute atomic E-state index is 0.0627. The van der Waals surface area contributed by atoms with E-state index in [0.717, 1.165) is 39.4 Å². The van der Waals surface area contributed by atoms with Crippen molar-refractivity contribution in [1.29, 1.82) is 0 Å². The minimum atomic E-state index is -0.285. The molecule has 2 saturated heterocycles. The van der Waals surface area contributed by atoms with Gasteiger partial charge in [0.25, 0.3) is 0 Å². The molecule has 3 heterocycles. The molecule has 8 nitrogen and oxygen atoms in total. The summed E-state index contributed by atoms with van der Waals surface area (Å²) in [6.45, 7) is 8.09. The fraction of sp³-hybridized carbons (Fsp3) is 0.688. The molecular formula is C16H25N5O3. The highest BCUT2D eigenvalue weighted by Gasteiger charge is 2.34. The number of rotatable bonds is 6. The molecular weight excluding hydrogens is 310 g/mol. The fourth-order valence-corrected chi connectivity index (χ4v) is 3.10. The Labute approximate surface area is 141 Å². The van der Waals surface area contributed by atoms with Crippen molar-refractivity contribution >= 4 is 17.5 Å². The van der Waals surface area contributed by atoms with Crippen molar-refractivity contribution in [3.8, 4) is 0 Å². The number of aryl methyl sites for hydroxylation is 1. The van der Waals surface area contributed by atoms with Gasteiger partial charge in [-0.1, -0.05) is 0 Å². The van der Waals surface area contributed by atoms with E-state index in [9.17, 15) is 9.59 Å². The van der Waals surface area contributed by atoms with Crippen molar-refractivity contribution in [3.63, 3.8) is 0 Å². The molecule has 1 aromatic rings. The number of amides is 2. The number of carbonyl (C=O) groups excluding carboxylic acids is 2. The van der Waals surface area contributed by atoms with Crippen LogP contribution in [0, 0.1) is 5.92 Å². The first kappa shape index (κ1) is 16.9. The molecule has 0 aliphatic carbocycles. The van der Waals surface area contributed by atoms with Gasteiger partial charge in [0.2, 0.25) is 11.8 Å². The van der Waals surface area contributed by atoms with Crippen LogP contribution in [0.4, 0.5) is 5.69 Å². The Morgan fingerprint density at radius 2 is 2.17 bits per heavy atom. The molecule has 0 radical (unpaired) electrons. The highest BCUT2D eigenvalue weighted by atomic mass is 16.5. The lowest BCUT2D eigenvalue weighted by atomic mass is 10.1. The predicted molar refractivity (Wildman–Crippen MR) is 88.5 cm³/mol. The van der Waals surface area contributed by atoms with Gasteiger partial charge in [-0.15, -0.1) is 0 Å². The first-order chi connectivity index (χ1) is 11.7. The molecule has 2 aliphatic heterocycles. The summed E-state index contributed by atoms with van der Waals surface area (Å²) in [5.41, 5.74) is 0.682. The Hall–Kier alpha value is -1.93. The summed E-state index contributed by atoms with van der Waals surface area (Å²) in [5.74, 6) is -0.326. The molecule has 2 fully saturated rings. The van der Waals surface area contributed by atoms with Gasteiger partial charge in [-0.3, -0.25) is 19.2 Å². The Morgan fingerprint density at radius 3 is 2.88 bits per heavy atom. The lowest BCUT2D eigenvalue weighted by molar-refractivity contribution is -0.128. The van der Waals surface area contributed by atoms with Crippen LogP contribution in [0.25, 0.3) is 0 Å². The Bertz CT molecular complexity index is 582. The topological polar surface area (TPSA) is 79.7 Å². The van der Waals surface area contributed by atoms with Crippen molar-refractivity contribution in [2.24, 2.45) is 5.92 Å². The average Bonchev–Trinajstić information content (AvgIpc) is 3.20. The summed E-state index contributed by atoms with van der Waals surface area (Å²) in [6, 6.07) is 0. The van der Waals surface area contributed by atoms with Crippen molar-refractivity contribution in [1.82, 2.24) is 19.6 Å². The number of nitrogens with zero attached hydrogens (tertiary/aromatic N) is 4. The number of likely N-dealkylation sites (tertiary alicyclic amines) is 1. The van der Waals surface area contributed by atoms with Gasteiger partial charge in [-0.25, -0.2) is 0 Å². The smallest absolute Gasteiger partial charge is 0.229 e. The molecule has 3 rings (SSSR count). The number of hydrogen-bond acceptors (Lipinski definition) is 5. The Morgan fingerprint density at radius 1 is 1.38 bits per heavy atom. The fourth-order valence-electron chi connectivity index (χ4n) is 3.10. The van der Waals surface area contributed by atoms with E-state index >= 15 is 0 Å². The Kier molecular flexibility index (Phi) is 5.47. The third kappa shape index (κ3) is 4.12. The summed E-state index contributed by atoms with van der Waals surface area (Å²) in [5, 5.41) is 6.99. The van der Waals surface area contributed by atoms with Crippen LogP contribution in [-0.2, 0) is 20.9 Å². The van der Waals surface area contributed by atoms with E-state index in [2.05, 4.69) is 15.3 Å². The van der Waals surface area contributed by atoms with Crippen LogP contribution in [-0.4, -0.2) is 77.3 Å². The molecule has 2 amide bonds. The SMILES string of the molecule is CCn1cc(NC(=O)[C@@H]2CC(=O)N(CCN3CCOCC3)C2)cn1. The zero-order chi connectivity index (χ0) is 16.9. The van der Waals surface area contributed by atoms with E-state index in [0.29, 0.717) is 18.8 Å². The molecule has 132 valence electrons. The number of anilines is 1. The molecule has 2 aliphatic rings. The molecule has 0 saturated carbocycles. The van der Waals surface area contributed by atoms with E-state index in [-0.39, 0.29) is 24.2 Å². The van der Waals surface area contributed by atoms with E-state index in [1.165, 1.54) is 0 Å². The molecule has 0 aromatic carbocycles.